The van der Waals surface area contributed by atoms with Gasteiger partial charge in [-0.1, -0.05) is 136 Å². The van der Waals surface area contributed by atoms with Gasteiger partial charge < -0.3 is 4.74 Å². The second-order valence-corrected chi connectivity index (χ2v) is 16.5. The van der Waals surface area contributed by atoms with Crippen LogP contribution in [-0.4, -0.2) is 21.6 Å². The Morgan fingerprint density at radius 2 is 1.12 bits per heavy atom. The lowest BCUT2D eigenvalue weighted by atomic mass is 9.85. The van der Waals surface area contributed by atoms with Gasteiger partial charge in [0.1, 0.15) is 11.6 Å². The van der Waals surface area contributed by atoms with Crippen molar-refractivity contribution in [2.45, 2.75) is 40.0 Å². The quantitative estimate of drug-likeness (QED) is 0.155. The minimum Gasteiger partial charge on any atom is -0.496 e. The third-order valence-corrected chi connectivity index (χ3v) is 11.2. The van der Waals surface area contributed by atoms with Gasteiger partial charge in [0.2, 0.25) is 0 Å². The van der Waals surface area contributed by atoms with E-state index in [1.165, 1.54) is 11.1 Å². The molecule has 0 N–H and O–H groups in total. The van der Waals surface area contributed by atoms with Crippen LogP contribution in [0, 0.1) is 13.8 Å². The van der Waals surface area contributed by atoms with Crippen molar-refractivity contribution < 1.29 is 4.74 Å². The molecule has 7 aromatic carbocycles. The van der Waals surface area contributed by atoms with Crippen molar-refractivity contribution >= 4 is 11.0 Å². The predicted octanol–water partition coefficient (Wildman–Crippen LogP) is 14.3. The molecule has 0 saturated heterocycles. The maximum absolute atomic E-state index is 6.17. The van der Waals surface area contributed by atoms with E-state index >= 15 is 0 Å². The van der Waals surface area contributed by atoms with Crippen LogP contribution >= 0.6 is 0 Å². The van der Waals surface area contributed by atoms with Gasteiger partial charge in [-0.15, -0.1) is 0 Å². The lowest BCUT2D eigenvalue weighted by Crippen LogP contribution is -2.12. The molecule has 0 unspecified atom stereocenters. The lowest BCUT2D eigenvalue weighted by Gasteiger charge is -2.23. The molecule has 0 fully saturated rings. The third-order valence-electron chi connectivity index (χ3n) is 11.2. The number of hydrogen-bond acceptors (Lipinski definition) is 3. The molecule has 0 bridgehead atoms. The smallest absolute Gasteiger partial charge is 0.149 e. The van der Waals surface area contributed by atoms with E-state index in [0.29, 0.717) is 0 Å². The topological polar surface area (TPSA) is 39.9 Å². The van der Waals surface area contributed by atoms with E-state index in [9.17, 15) is 0 Å². The maximum Gasteiger partial charge on any atom is 0.149 e. The van der Waals surface area contributed by atoms with Gasteiger partial charge in [0.15, 0.2) is 0 Å². The van der Waals surface area contributed by atoms with E-state index in [1.807, 2.05) is 12.3 Å². The van der Waals surface area contributed by atoms with Gasteiger partial charge >= 0.3 is 0 Å². The summed E-state index contributed by atoms with van der Waals surface area (Å²) in [6, 6.07) is 60.7. The van der Waals surface area contributed by atoms with Crippen molar-refractivity contribution in [1.29, 1.82) is 0 Å². The number of pyridine rings is 1. The van der Waals surface area contributed by atoms with Crippen LogP contribution in [0.25, 0.3) is 83.9 Å². The average Bonchev–Trinajstić information content (AvgIpc) is 3.66. The number of para-hydroxylation sites is 1. The zero-order valence-corrected chi connectivity index (χ0v) is 34.5. The fraction of sp³-hybridized carbons (Fsp3) is 0.127. The van der Waals surface area contributed by atoms with Gasteiger partial charge in [0, 0.05) is 23.0 Å². The summed E-state index contributed by atoms with van der Waals surface area (Å²) in [6.07, 6.45) is 1.91. The summed E-state index contributed by atoms with van der Waals surface area (Å²) in [5.74, 6) is 1.65. The van der Waals surface area contributed by atoms with E-state index in [1.54, 1.807) is 7.11 Å². The summed E-state index contributed by atoms with van der Waals surface area (Å²) in [7, 11) is 1.75. The van der Waals surface area contributed by atoms with Crippen LogP contribution in [-0.2, 0) is 5.41 Å². The number of benzene rings is 7. The molecule has 0 atom stereocenters. The highest BCUT2D eigenvalue weighted by molar-refractivity contribution is 5.98. The molecular weight excluding hydrogens is 719 g/mol. The first kappa shape index (κ1) is 37.5. The van der Waals surface area contributed by atoms with E-state index in [0.717, 1.165) is 95.2 Å². The number of ether oxygens (including phenoxy) is 1. The Morgan fingerprint density at radius 1 is 0.508 bits per heavy atom. The number of aromatic nitrogens is 3. The first-order valence-corrected chi connectivity index (χ1v) is 20.3. The number of imidazole rings is 1. The Bertz CT molecular complexity index is 2960. The molecule has 0 amide bonds. The molecule has 0 aliphatic carbocycles. The number of fused-ring (bicyclic) bond motifs is 1. The molecule has 2 heterocycles. The predicted molar refractivity (Wildman–Crippen MR) is 246 cm³/mol. The molecule has 4 heteroatoms. The van der Waals surface area contributed by atoms with Gasteiger partial charge in [-0.3, -0.25) is 9.55 Å². The van der Waals surface area contributed by atoms with Crippen LogP contribution < -0.4 is 4.74 Å². The van der Waals surface area contributed by atoms with Gasteiger partial charge in [-0.05, 0) is 129 Å². The van der Waals surface area contributed by atoms with Gasteiger partial charge in [0.25, 0.3) is 0 Å². The minimum absolute atomic E-state index is 0.0982. The van der Waals surface area contributed by atoms with E-state index < -0.39 is 0 Å². The molecule has 59 heavy (non-hydrogen) atoms. The zero-order valence-electron chi connectivity index (χ0n) is 34.5. The number of nitrogens with zero attached hydrogens (tertiary/aromatic N) is 3. The molecule has 9 aromatic rings. The normalized spacial score (nSPS) is 11.6. The van der Waals surface area contributed by atoms with Gasteiger partial charge in [-0.2, -0.15) is 0 Å². The molecular formula is C55H47N3O. The monoisotopic (exact) mass is 765 g/mol. The summed E-state index contributed by atoms with van der Waals surface area (Å²) in [4.78, 5) is 10.6. The molecule has 0 aliphatic rings. The van der Waals surface area contributed by atoms with Gasteiger partial charge in [-0.25, -0.2) is 4.98 Å². The molecule has 4 nitrogen and oxygen atoms in total. The summed E-state index contributed by atoms with van der Waals surface area (Å²) in [5.41, 5.74) is 18.2. The second-order valence-electron chi connectivity index (χ2n) is 16.5. The first-order chi connectivity index (χ1) is 28.6. The lowest BCUT2D eigenvalue weighted by molar-refractivity contribution is 0.413. The Morgan fingerprint density at radius 3 is 1.76 bits per heavy atom. The largest absolute Gasteiger partial charge is 0.496 e. The van der Waals surface area contributed by atoms with Crippen LogP contribution in [0.4, 0.5) is 0 Å². The number of hydrogen-bond donors (Lipinski definition) is 0. The summed E-state index contributed by atoms with van der Waals surface area (Å²) in [6.45, 7) is 11.1. The highest BCUT2D eigenvalue weighted by Gasteiger charge is 2.24. The van der Waals surface area contributed by atoms with Crippen LogP contribution in [0.15, 0.2) is 176 Å². The molecule has 0 spiro atoms. The molecule has 2 aromatic heterocycles. The van der Waals surface area contributed by atoms with Crippen molar-refractivity contribution in [2.75, 3.05) is 7.11 Å². The number of methoxy groups -OCH3 is 1. The average molecular weight is 766 g/mol. The molecule has 0 aliphatic heterocycles. The van der Waals surface area contributed by atoms with Crippen LogP contribution in [0.3, 0.4) is 0 Å². The highest BCUT2D eigenvalue weighted by atomic mass is 16.5. The van der Waals surface area contributed by atoms with E-state index in [4.69, 9.17) is 14.7 Å². The summed E-state index contributed by atoms with van der Waals surface area (Å²) < 4.78 is 8.51. The Labute approximate surface area is 347 Å². The van der Waals surface area contributed by atoms with Crippen molar-refractivity contribution in [1.82, 2.24) is 14.5 Å². The molecule has 0 saturated carbocycles. The standard InChI is InChI=1S/C55H47N3O/c1-36-27-37(2)53(59-6)49(28-36)54-57-52-48(23-16-24-51(52)58(54)47-33-43(40-21-14-9-15-22-40)32-46(35-47)55(3,4)5)44-29-42(39-19-12-8-13-20-39)30-45(31-44)50-34-41(25-26-56-50)38-17-10-7-11-18-38/h7-35H,1-6H3. The van der Waals surface area contributed by atoms with Crippen molar-refractivity contribution in [3.63, 3.8) is 0 Å². The van der Waals surface area contributed by atoms with Crippen LogP contribution in [0.1, 0.15) is 37.5 Å². The fourth-order valence-electron chi connectivity index (χ4n) is 8.26. The third kappa shape index (κ3) is 7.35. The minimum atomic E-state index is -0.0982. The molecule has 0 radical (unpaired) electrons. The Kier molecular flexibility index (Phi) is 9.78. The Hall–Kier alpha value is -7.04. The van der Waals surface area contributed by atoms with Crippen molar-refractivity contribution in [2.24, 2.45) is 0 Å². The maximum atomic E-state index is 6.17. The Balaban J connectivity index is 1.33. The number of rotatable bonds is 8. The molecule has 288 valence electrons. The van der Waals surface area contributed by atoms with E-state index in [2.05, 4.69) is 203 Å². The van der Waals surface area contributed by atoms with Crippen LogP contribution in [0.5, 0.6) is 5.75 Å². The summed E-state index contributed by atoms with van der Waals surface area (Å²) in [5, 5.41) is 0. The van der Waals surface area contributed by atoms with Gasteiger partial charge in [0.05, 0.1) is 29.4 Å². The highest BCUT2D eigenvalue weighted by Crippen LogP contribution is 2.42. The summed E-state index contributed by atoms with van der Waals surface area (Å²) >= 11 is 0. The second kappa shape index (κ2) is 15.4. The SMILES string of the molecule is COc1c(C)cc(C)cc1-c1nc2c(-c3cc(-c4ccccc4)cc(-c4cc(-c5ccccc5)ccn4)c3)cccc2n1-c1cc(-c2ccccc2)cc(C(C)(C)C)c1. The van der Waals surface area contributed by atoms with Crippen molar-refractivity contribution in [3.05, 3.63) is 193 Å². The van der Waals surface area contributed by atoms with Crippen LogP contribution in [0.2, 0.25) is 0 Å². The molecule has 9 rings (SSSR count). The number of aryl methyl sites for hydroxylation is 2. The van der Waals surface area contributed by atoms with E-state index in [-0.39, 0.29) is 5.41 Å². The van der Waals surface area contributed by atoms with Crippen molar-refractivity contribution in [3.8, 4) is 78.6 Å². The zero-order chi connectivity index (χ0) is 40.7. The first-order valence-electron chi connectivity index (χ1n) is 20.3. The fourth-order valence-corrected chi connectivity index (χ4v) is 8.26.